The van der Waals surface area contributed by atoms with Crippen LogP contribution in [0.2, 0.25) is 0 Å². The summed E-state index contributed by atoms with van der Waals surface area (Å²) in [6.45, 7) is 1.14. The van der Waals surface area contributed by atoms with E-state index in [-0.39, 0.29) is 29.9 Å². The van der Waals surface area contributed by atoms with Crippen molar-refractivity contribution in [2.45, 2.75) is 35.6 Å². The zero-order valence-electron chi connectivity index (χ0n) is 13.5. The molecular weight excluding hydrogens is 372 g/mol. The average Bonchev–Trinajstić information content (AvgIpc) is 3.36. The lowest BCUT2D eigenvalue weighted by atomic mass is 9.92. The summed E-state index contributed by atoms with van der Waals surface area (Å²) in [6.07, 6.45) is -1.19. The monoisotopic (exact) mass is 388 g/mol. The summed E-state index contributed by atoms with van der Waals surface area (Å²) in [5.41, 5.74) is 1.95. The Hall–Kier alpha value is -2.40. The second-order valence-electron chi connectivity index (χ2n) is 6.31. The number of amides is 1. The molecule has 0 saturated heterocycles. The number of alkyl halides is 1. The first kappa shape index (κ1) is 18.4. The van der Waals surface area contributed by atoms with Crippen molar-refractivity contribution in [3.8, 4) is 0 Å². The molecule has 1 fully saturated rings. The van der Waals surface area contributed by atoms with Crippen molar-refractivity contribution in [2.24, 2.45) is 10.1 Å². The first-order valence-corrected chi connectivity index (χ1v) is 9.08. The number of carboxylic acid groups (broad SMARTS) is 1. The molecule has 140 valence electrons. The van der Waals surface area contributed by atoms with Crippen LogP contribution in [0.1, 0.15) is 25.3 Å². The van der Waals surface area contributed by atoms with Crippen molar-refractivity contribution in [1.82, 2.24) is 10.2 Å². The van der Waals surface area contributed by atoms with Gasteiger partial charge in [-0.2, -0.15) is 0 Å². The minimum Gasteiger partial charge on any atom is -0.465 e. The van der Waals surface area contributed by atoms with Crippen LogP contribution in [0.5, 0.6) is 0 Å². The lowest BCUT2D eigenvalue weighted by Gasteiger charge is -2.52. The van der Waals surface area contributed by atoms with Crippen molar-refractivity contribution < 1.29 is 27.8 Å². The largest absolute Gasteiger partial charge is 0.465 e. The van der Waals surface area contributed by atoms with E-state index in [0.29, 0.717) is 0 Å². The van der Waals surface area contributed by atoms with E-state index in [2.05, 4.69) is 15.0 Å². The summed E-state index contributed by atoms with van der Waals surface area (Å²) in [7, 11) is -4.00. The number of amidine groups is 1. The molecule has 12 heteroatoms. The molecule has 3 rings (SSSR count). The first-order valence-electron chi connectivity index (χ1n) is 7.47. The van der Waals surface area contributed by atoms with Crippen molar-refractivity contribution in [3.05, 3.63) is 29.6 Å². The predicted molar refractivity (Wildman–Crippen MR) is 89.0 cm³/mol. The summed E-state index contributed by atoms with van der Waals surface area (Å²) in [5.74, 6) is -1.19. The summed E-state index contributed by atoms with van der Waals surface area (Å²) < 4.78 is 49.2. The quantitative estimate of drug-likeness (QED) is 0.389. The molecule has 2 atom stereocenters. The van der Waals surface area contributed by atoms with Crippen molar-refractivity contribution in [3.63, 3.8) is 0 Å². The van der Waals surface area contributed by atoms with E-state index in [0.717, 1.165) is 19.1 Å². The predicted octanol–water partition coefficient (Wildman–Crippen LogP) is 3.48. The number of aliphatic imine (C=N–C) groups is 1. The molecule has 2 aliphatic rings. The first-order chi connectivity index (χ1) is 12.1. The van der Waals surface area contributed by atoms with Crippen LogP contribution in [0.4, 0.5) is 19.3 Å². The molecule has 0 radical (unpaired) electrons. The molecule has 1 saturated carbocycles. The number of hydrogen-bond donors (Lipinski definition) is 5. The van der Waals surface area contributed by atoms with Gasteiger partial charge in [-0.25, -0.2) is 13.6 Å². The molecule has 1 aliphatic carbocycles. The van der Waals surface area contributed by atoms with Crippen LogP contribution < -0.4 is 10.2 Å². The zero-order chi connectivity index (χ0) is 19.3. The maximum Gasteiger partial charge on any atom is 0.410 e. The molecule has 9 nitrogen and oxygen atoms in total. The Morgan fingerprint density at radius 3 is 2.69 bits per heavy atom. The average molecular weight is 388 g/mol. The van der Waals surface area contributed by atoms with Gasteiger partial charge in [-0.1, -0.05) is 0 Å². The summed E-state index contributed by atoms with van der Waals surface area (Å²) in [4.78, 5) is 18.0. The second-order valence-corrected chi connectivity index (χ2v) is 8.69. The maximum absolute atomic E-state index is 15.2. The smallest absolute Gasteiger partial charge is 0.410 e. The fourth-order valence-corrected chi connectivity index (χ4v) is 5.44. The normalized spacial score (nSPS) is 29.3. The minimum absolute atomic E-state index is 0.0379. The lowest BCUT2D eigenvalue weighted by Crippen LogP contribution is -2.54. The Labute approximate surface area is 147 Å². The van der Waals surface area contributed by atoms with E-state index < -0.39 is 38.3 Å². The Balaban J connectivity index is 2.23. The highest BCUT2D eigenvalue weighted by Crippen LogP contribution is 2.73. The molecule has 1 unspecified atom stereocenters. The van der Waals surface area contributed by atoms with Crippen LogP contribution in [-0.2, 0) is 5.54 Å². The number of rotatable bonds is 2. The number of hydrogen-bond acceptors (Lipinski definition) is 6. The lowest BCUT2D eigenvalue weighted by molar-refractivity contribution is 0.199. The fourth-order valence-electron chi connectivity index (χ4n) is 3.14. The Kier molecular flexibility index (Phi) is 4.11. The molecule has 0 bridgehead atoms. The molecule has 26 heavy (non-hydrogen) atoms. The van der Waals surface area contributed by atoms with Gasteiger partial charge in [0.25, 0.3) is 0 Å². The standard InChI is InChI=1S/C14H15F2N5O4S/c1-13(8-6-7(20-21-17)2-3-9(8)15)10(16)26(24,25)14(4-5-14)11(19-13)18-12(22)23/h2-3,6,10,17H,4-5H2,1H3,(H3-,18,19,22,23,24,25)/p+1/t10?,13-/m1/s1. The van der Waals surface area contributed by atoms with Gasteiger partial charge in [0.15, 0.2) is 10.8 Å². The molecule has 1 aromatic carbocycles. The van der Waals surface area contributed by atoms with Gasteiger partial charge in [0, 0.05) is 5.56 Å². The van der Waals surface area contributed by atoms with Gasteiger partial charge >= 0.3 is 6.09 Å². The summed E-state index contributed by atoms with van der Waals surface area (Å²) >= 11 is 0. The SMILES string of the molecule is C[C@]1(c2cc(N=[N+]=N)ccc2F)N=C(NC(=O)O)C2(CC2)S(O)(O)C1F. The van der Waals surface area contributed by atoms with Gasteiger partial charge in [-0.3, -0.25) is 19.4 Å². The molecule has 1 amide bonds. The third-order valence-corrected chi connectivity index (χ3v) is 7.46. The van der Waals surface area contributed by atoms with Crippen LogP contribution in [0, 0.1) is 11.3 Å². The Morgan fingerprint density at radius 2 is 2.15 bits per heavy atom. The van der Waals surface area contributed by atoms with Gasteiger partial charge in [-0.05, 0) is 38.0 Å². The van der Waals surface area contributed by atoms with E-state index in [4.69, 9.17) is 10.6 Å². The van der Waals surface area contributed by atoms with Gasteiger partial charge < -0.3 is 5.11 Å². The van der Waals surface area contributed by atoms with Gasteiger partial charge in [0.2, 0.25) is 10.4 Å². The molecule has 1 aromatic rings. The second kappa shape index (κ2) is 5.81. The number of benzene rings is 1. The van der Waals surface area contributed by atoms with Crippen molar-refractivity contribution >= 4 is 28.2 Å². The van der Waals surface area contributed by atoms with Crippen LogP contribution >= 0.6 is 10.6 Å². The fraction of sp³-hybridized carbons (Fsp3) is 0.429. The topological polar surface area (TPSA) is 152 Å². The molecule has 1 spiro atoms. The third kappa shape index (κ3) is 2.50. The van der Waals surface area contributed by atoms with E-state index in [1.807, 2.05) is 5.32 Å². The molecule has 0 aromatic heterocycles. The minimum atomic E-state index is -4.00. The van der Waals surface area contributed by atoms with Crippen LogP contribution in [-0.4, -0.2) is 36.4 Å². The van der Waals surface area contributed by atoms with Gasteiger partial charge in [-0.15, -0.1) is 10.6 Å². The van der Waals surface area contributed by atoms with Gasteiger partial charge in [0.1, 0.15) is 27.5 Å². The third-order valence-electron chi connectivity index (χ3n) is 4.67. The molecular formula is C14H16F2N5O4S+. The van der Waals surface area contributed by atoms with Crippen molar-refractivity contribution in [1.29, 1.82) is 5.53 Å². The highest BCUT2D eigenvalue weighted by Gasteiger charge is 2.68. The van der Waals surface area contributed by atoms with E-state index in [1.165, 1.54) is 6.07 Å². The summed E-state index contributed by atoms with van der Waals surface area (Å²) in [6, 6.07) is 3.25. The van der Waals surface area contributed by atoms with Crippen molar-refractivity contribution in [2.75, 3.05) is 0 Å². The van der Waals surface area contributed by atoms with Crippen LogP contribution in [0.15, 0.2) is 28.3 Å². The van der Waals surface area contributed by atoms with E-state index >= 15 is 4.39 Å². The number of halogens is 2. The van der Waals surface area contributed by atoms with Crippen LogP contribution in [0.3, 0.4) is 0 Å². The number of carbonyl (C=O) groups is 1. The molecule has 1 heterocycles. The highest BCUT2D eigenvalue weighted by molar-refractivity contribution is 8.26. The van der Waals surface area contributed by atoms with E-state index in [1.54, 1.807) is 0 Å². The zero-order valence-corrected chi connectivity index (χ0v) is 14.3. The summed E-state index contributed by atoms with van der Waals surface area (Å²) in [5, 5.41) is 14.4. The maximum atomic E-state index is 15.2. The van der Waals surface area contributed by atoms with Gasteiger partial charge in [0.05, 0.1) is 0 Å². The van der Waals surface area contributed by atoms with E-state index in [9.17, 15) is 18.3 Å². The van der Waals surface area contributed by atoms with Crippen LogP contribution in [0.25, 0.3) is 0 Å². The molecule has 1 aliphatic heterocycles. The number of nitrogens with zero attached hydrogens (tertiary/aromatic N) is 3. The molecule has 5 N–H and O–H groups in total. The Bertz CT molecular complexity index is 869. The highest BCUT2D eigenvalue weighted by atomic mass is 32.3. The Morgan fingerprint density at radius 1 is 1.50 bits per heavy atom. The number of nitrogens with one attached hydrogen (secondary N) is 2.